The number of aryl methyl sites for hydroxylation is 1. The molecule has 192 valence electrons. The van der Waals surface area contributed by atoms with Crippen molar-refractivity contribution < 1.29 is 4.79 Å². The first kappa shape index (κ1) is 25.3. The first-order chi connectivity index (χ1) is 18.3. The number of nitrogens with zero attached hydrogens (tertiary/aromatic N) is 4. The van der Waals surface area contributed by atoms with E-state index in [-0.39, 0.29) is 5.95 Å². The fourth-order valence-electron chi connectivity index (χ4n) is 4.50. The number of anilines is 2. The monoisotopic (exact) mass is 525 g/mol. The third-order valence-corrected chi connectivity index (χ3v) is 6.93. The van der Waals surface area contributed by atoms with Crippen LogP contribution in [0.4, 0.5) is 11.6 Å². The molecule has 2 aromatic carbocycles. The molecular formula is C29H28ClN7O. The van der Waals surface area contributed by atoms with Crippen molar-refractivity contribution in [3.63, 3.8) is 0 Å². The molecule has 0 radical (unpaired) electrons. The van der Waals surface area contributed by atoms with E-state index >= 15 is 0 Å². The normalized spacial score (nSPS) is 13.7. The van der Waals surface area contributed by atoms with Gasteiger partial charge >= 0.3 is 0 Å². The molecule has 5 N–H and O–H groups in total. The Morgan fingerprint density at radius 2 is 1.79 bits per heavy atom. The largest absolute Gasteiger partial charge is 0.369 e. The summed E-state index contributed by atoms with van der Waals surface area (Å²) in [7, 11) is 2.15. The summed E-state index contributed by atoms with van der Waals surface area (Å²) in [6, 6.07) is 15.4. The summed E-state index contributed by atoms with van der Waals surface area (Å²) in [5.74, 6) is 5.89. The second-order valence-corrected chi connectivity index (χ2v) is 9.81. The maximum atomic E-state index is 12.3. The van der Waals surface area contributed by atoms with Crippen molar-refractivity contribution >= 4 is 29.1 Å². The molecule has 8 nitrogen and oxygen atoms in total. The Morgan fingerprint density at radius 3 is 2.50 bits per heavy atom. The zero-order chi connectivity index (χ0) is 26.8. The molecule has 1 saturated heterocycles. The van der Waals surface area contributed by atoms with Crippen LogP contribution in [0.5, 0.6) is 0 Å². The molecule has 4 aromatic rings. The summed E-state index contributed by atoms with van der Waals surface area (Å²) in [6.45, 7) is 6.06. The van der Waals surface area contributed by atoms with Gasteiger partial charge in [0.1, 0.15) is 5.69 Å². The molecule has 1 amide bonds. The molecule has 0 saturated carbocycles. The van der Waals surface area contributed by atoms with E-state index in [1.165, 1.54) is 5.69 Å². The van der Waals surface area contributed by atoms with Gasteiger partial charge in [0, 0.05) is 54.2 Å². The quantitative estimate of drug-likeness (QED) is 0.347. The molecule has 0 aliphatic carbocycles. The highest BCUT2D eigenvalue weighted by Crippen LogP contribution is 2.33. The summed E-state index contributed by atoms with van der Waals surface area (Å²) >= 11 is 6.24. The molecule has 5 rings (SSSR count). The number of rotatable bonds is 4. The molecule has 1 aliphatic rings. The van der Waals surface area contributed by atoms with Crippen LogP contribution in [0.3, 0.4) is 0 Å². The summed E-state index contributed by atoms with van der Waals surface area (Å²) in [4.78, 5) is 28.9. The molecule has 0 spiro atoms. The van der Waals surface area contributed by atoms with Gasteiger partial charge in [-0.2, -0.15) is 0 Å². The van der Waals surface area contributed by atoms with Crippen LogP contribution < -0.4 is 16.4 Å². The van der Waals surface area contributed by atoms with E-state index in [2.05, 4.69) is 55.8 Å². The van der Waals surface area contributed by atoms with E-state index in [1.807, 2.05) is 25.1 Å². The smallest absolute Gasteiger partial charge is 0.250 e. The van der Waals surface area contributed by atoms with Gasteiger partial charge in [-0.3, -0.25) is 4.79 Å². The Balaban J connectivity index is 1.49. The molecule has 2 aromatic heterocycles. The summed E-state index contributed by atoms with van der Waals surface area (Å²) < 4.78 is 0. The minimum Gasteiger partial charge on any atom is -0.369 e. The summed E-state index contributed by atoms with van der Waals surface area (Å²) in [6.07, 6.45) is 1.58. The zero-order valence-electron chi connectivity index (χ0n) is 21.3. The third kappa shape index (κ3) is 5.35. The Labute approximate surface area is 226 Å². The number of hydrogen-bond acceptors (Lipinski definition) is 6. The van der Waals surface area contributed by atoms with Crippen molar-refractivity contribution in [2.75, 3.05) is 43.9 Å². The average molecular weight is 526 g/mol. The lowest BCUT2D eigenvalue weighted by molar-refractivity contribution is 0.100. The standard InChI is InChI=1S/C29H28ClN7O/c1-18-3-8-21(30)15-23(18)27-24(28(31)38)16-25(34-27)26-20(17-33-29(32)35-26)7-4-19-5-9-22(10-6-19)37-13-11-36(2)12-14-37/h3,5-6,8-10,15-17,34H,11-14H2,1-2H3,(H2,31,38)(H2,32,33,35). The fourth-order valence-corrected chi connectivity index (χ4v) is 4.68. The topological polar surface area (TPSA) is 117 Å². The number of benzene rings is 2. The van der Waals surface area contributed by atoms with Gasteiger partial charge < -0.3 is 26.3 Å². The van der Waals surface area contributed by atoms with E-state index in [1.54, 1.807) is 24.4 Å². The highest BCUT2D eigenvalue weighted by molar-refractivity contribution is 6.31. The lowest BCUT2D eigenvalue weighted by atomic mass is 10.0. The minimum atomic E-state index is -0.572. The molecule has 1 aliphatic heterocycles. The molecule has 0 unspecified atom stereocenters. The maximum Gasteiger partial charge on any atom is 0.250 e. The van der Waals surface area contributed by atoms with E-state index in [4.69, 9.17) is 23.1 Å². The van der Waals surface area contributed by atoms with E-state index in [0.717, 1.165) is 42.9 Å². The number of nitrogen functional groups attached to an aromatic ring is 1. The van der Waals surface area contributed by atoms with Gasteiger partial charge in [-0.05, 0) is 62.0 Å². The van der Waals surface area contributed by atoms with E-state index in [0.29, 0.717) is 33.2 Å². The van der Waals surface area contributed by atoms with Gasteiger partial charge in [-0.1, -0.05) is 29.5 Å². The summed E-state index contributed by atoms with van der Waals surface area (Å²) in [5, 5.41) is 0.550. The zero-order valence-corrected chi connectivity index (χ0v) is 22.0. The number of aromatic amines is 1. The van der Waals surface area contributed by atoms with Gasteiger partial charge in [-0.25, -0.2) is 9.97 Å². The van der Waals surface area contributed by atoms with Crippen LogP contribution in [0, 0.1) is 18.8 Å². The average Bonchev–Trinajstić information content (AvgIpc) is 3.36. The molecular weight excluding hydrogens is 498 g/mol. The van der Waals surface area contributed by atoms with Crippen molar-refractivity contribution in [2.45, 2.75) is 6.92 Å². The van der Waals surface area contributed by atoms with Gasteiger partial charge in [-0.15, -0.1) is 0 Å². The van der Waals surface area contributed by atoms with Crippen molar-refractivity contribution in [1.82, 2.24) is 19.9 Å². The van der Waals surface area contributed by atoms with Crippen molar-refractivity contribution in [2.24, 2.45) is 5.73 Å². The lowest BCUT2D eigenvalue weighted by Gasteiger charge is -2.34. The van der Waals surface area contributed by atoms with Gasteiger partial charge in [0.05, 0.1) is 22.5 Å². The van der Waals surface area contributed by atoms with Crippen LogP contribution in [0.15, 0.2) is 54.7 Å². The van der Waals surface area contributed by atoms with E-state index < -0.39 is 5.91 Å². The lowest BCUT2D eigenvalue weighted by Crippen LogP contribution is -2.44. The Morgan fingerprint density at radius 1 is 1.05 bits per heavy atom. The van der Waals surface area contributed by atoms with Gasteiger partial charge in [0.25, 0.3) is 5.91 Å². The van der Waals surface area contributed by atoms with Crippen LogP contribution in [0.2, 0.25) is 5.02 Å². The second kappa shape index (κ2) is 10.6. The maximum absolute atomic E-state index is 12.3. The van der Waals surface area contributed by atoms with Crippen LogP contribution in [-0.2, 0) is 0 Å². The number of nitrogens with two attached hydrogens (primary N) is 2. The number of primary amides is 1. The Hall–Kier alpha value is -4.32. The second-order valence-electron chi connectivity index (χ2n) is 9.37. The number of piperazine rings is 1. The third-order valence-electron chi connectivity index (χ3n) is 6.69. The number of amides is 1. The molecule has 1 fully saturated rings. The first-order valence-corrected chi connectivity index (χ1v) is 12.6. The predicted molar refractivity (Wildman–Crippen MR) is 152 cm³/mol. The number of carbonyl (C=O) groups is 1. The van der Waals surface area contributed by atoms with Crippen LogP contribution >= 0.6 is 11.6 Å². The number of hydrogen-bond donors (Lipinski definition) is 3. The predicted octanol–water partition coefficient (Wildman–Crippen LogP) is 3.93. The van der Waals surface area contributed by atoms with Gasteiger partial charge in [0.2, 0.25) is 5.95 Å². The number of aromatic nitrogens is 3. The van der Waals surface area contributed by atoms with Crippen LogP contribution in [0.25, 0.3) is 22.6 Å². The number of halogens is 1. The minimum absolute atomic E-state index is 0.0952. The number of carbonyl (C=O) groups excluding carboxylic acids is 1. The molecule has 0 bridgehead atoms. The van der Waals surface area contributed by atoms with Crippen molar-refractivity contribution in [3.8, 4) is 34.5 Å². The Kier molecular flexibility index (Phi) is 7.05. The van der Waals surface area contributed by atoms with Crippen LogP contribution in [0.1, 0.15) is 27.0 Å². The van der Waals surface area contributed by atoms with Crippen molar-refractivity contribution in [3.05, 3.63) is 82.0 Å². The van der Waals surface area contributed by atoms with Gasteiger partial charge in [0.15, 0.2) is 0 Å². The highest BCUT2D eigenvalue weighted by atomic mass is 35.5. The SMILES string of the molecule is Cc1ccc(Cl)cc1-c1[nH]c(-c2nc(N)ncc2C#Cc2ccc(N3CCN(C)CC3)cc2)cc1C(N)=O. The highest BCUT2D eigenvalue weighted by Gasteiger charge is 2.20. The van der Waals surface area contributed by atoms with Crippen molar-refractivity contribution in [1.29, 1.82) is 0 Å². The molecule has 38 heavy (non-hydrogen) atoms. The van der Waals surface area contributed by atoms with Crippen LogP contribution in [-0.4, -0.2) is 59.0 Å². The molecule has 0 atom stereocenters. The Bertz CT molecular complexity index is 1560. The first-order valence-electron chi connectivity index (χ1n) is 12.3. The number of H-pyrrole nitrogens is 1. The number of nitrogens with one attached hydrogen (secondary N) is 1. The fraction of sp³-hybridized carbons (Fsp3) is 0.207. The molecule has 3 heterocycles. The van der Waals surface area contributed by atoms with E-state index in [9.17, 15) is 4.79 Å². The molecule has 9 heteroatoms. The number of likely N-dealkylation sites (N-methyl/N-ethyl adjacent to an activating group) is 1. The summed E-state index contributed by atoms with van der Waals surface area (Å²) in [5.41, 5.74) is 17.9.